The summed E-state index contributed by atoms with van der Waals surface area (Å²) in [6.45, 7) is 1.40. The number of aromatic nitrogens is 3. The fraction of sp³-hybridized carbons (Fsp3) is 0.292. The summed E-state index contributed by atoms with van der Waals surface area (Å²) in [6.07, 6.45) is 1.78. The van der Waals surface area contributed by atoms with Gasteiger partial charge in [-0.25, -0.2) is 14.2 Å². The number of hydrogen-bond acceptors (Lipinski definition) is 5. The zero-order valence-electron chi connectivity index (χ0n) is 18.6. The van der Waals surface area contributed by atoms with E-state index in [9.17, 15) is 19.1 Å². The molecule has 0 saturated carbocycles. The van der Waals surface area contributed by atoms with Crippen LogP contribution < -0.4 is 16.2 Å². The molecule has 0 spiro atoms. The number of fused-ring (bicyclic) bond motifs is 3. The van der Waals surface area contributed by atoms with Gasteiger partial charge >= 0.3 is 5.97 Å². The van der Waals surface area contributed by atoms with Crippen LogP contribution in [0.5, 0.6) is 0 Å². The highest BCUT2D eigenvalue weighted by Gasteiger charge is 2.26. The Morgan fingerprint density at radius 3 is 2.74 bits per heavy atom. The molecule has 2 aromatic heterocycles. The second kappa shape index (κ2) is 9.08. The maximum absolute atomic E-state index is 14.6. The number of carboxylic acid groups (broad SMARTS) is 1. The number of piperidine rings is 1. The topological polar surface area (TPSA) is 106 Å². The molecule has 3 N–H and O–H groups in total. The SMILES string of the molecule is Cl.Cn1c(=O)c2c(nc(N3CCC[C@@H](N)C3)n2Cc2ccccc2F)c2cc(C(=O)O)ccc21. The van der Waals surface area contributed by atoms with Gasteiger partial charge in [0.25, 0.3) is 5.56 Å². The first kappa shape index (κ1) is 23.7. The Bertz CT molecular complexity index is 1460. The normalized spacial score (nSPS) is 16.1. The van der Waals surface area contributed by atoms with E-state index in [1.54, 1.807) is 35.9 Å². The third kappa shape index (κ3) is 3.91. The van der Waals surface area contributed by atoms with Gasteiger partial charge in [-0.1, -0.05) is 18.2 Å². The van der Waals surface area contributed by atoms with Gasteiger partial charge in [-0.2, -0.15) is 0 Å². The summed E-state index contributed by atoms with van der Waals surface area (Å²) in [5.41, 5.74) is 7.76. The Morgan fingerprint density at radius 1 is 1.26 bits per heavy atom. The Kier molecular flexibility index (Phi) is 6.33. The molecule has 3 heterocycles. The first-order chi connectivity index (χ1) is 15.8. The monoisotopic (exact) mass is 485 g/mol. The minimum atomic E-state index is -1.06. The highest BCUT2D eigenvalue weighted by molar-refractivity contribution is 6.06. The number of pyridine rings is 1. The van der Waals surface area contributed by atoms with Crippen molar-refractivity contribution >= 4 is 46.3 Å². The number of rotatable bonds is 4. The second-order valence-electron chi connectivity index (χ2n) is 8.54. The molecular formula is C24H25ClFN5O3. The van der Waals surface area contributed by atoms with E-state index in [-0.39, 0.29) is 41.9 Å². The van der Waals surface area contributed by atoms with Crippen LogP contribution in [0.3, 0.4) is 0 Å². The first-order valence-electron chi connectivity index (χ1n) is 10.9. The molecule has 10 heteroatoms. The van der Waals surface area contributed by atoms with Gasteiger partial charge in [-0.3, -0.25) is 4.79 Å². The van der Waals surface area contributed by atoms with Crippen LogP contribution in [0.4, 0.5) is 10.3 Å². The molecule has 0 aliphatic carbocycles. The molecule has 178 valence electrons. The number of carboxylic acids is 1. The second-order valence-corrected chi connectivity index (χ2v) is 8.54. The lowest BCUT2D eigenvalue weighted by molar-refractivity contribution is 0.0697. The van der Waals surface area contributed by atoms with Crippen LogP contribution in [-0.2, 0) is 13.6 Å². The van der Waals surface area contributed by atoms with Crippen LogP contribution in [0.25, 0.3) is 21.9 Å². The van der Waals surface area contributed by atoms with Crippen LogP contribution in [0, 0.1) is 5.82 Å². The predicted molar refractivity (Wildman–Crippen MR) is 132 cm³/mol. The zero-order chi connectivity index (χ0) is 23.3. The molecule has 0 radical (unpaired) electrons. The molecule has 0 bridgehead atoms. The van der Waals surface area contributed by atoms with E-state index >= 15 is 0 Å². The predicted octanol–water partition coefficient (Wildman–Crippen LogP) is 3.12. The van der Waals surface area contributed by atoms with Gasteiger partial charge in [0.1, 0.15) is 16.9 Å². The average molecular weight is 486 g/mol. The van der Waals surface area contributed by atoms with E-state index in [1.165, 1.54) is 22.8 Å². The molecular weight excluding hydrogens is 461 g/mol. The van der Waals surface area contributed by atoms with E-state index in [0.717, 1.165) is 12.8 Å². The van der Waals surface area contributed by atoms with E-state index < -0.39 is 5.97 Å². The highest BCUT2D eigenvalue weighted by Crippen LogP contribution is 2.30. The Morgan fingerprint density at radius 2 is 2.03 bits per heavy atom. The molecule has 8 nitrogen and oxygen atoms in total. The quantitative estimate of drug-likeness (QED) is 0.460. The van der Waals surface area contributed by atoms with Crippen LogP contribution in [0.2, 0.25) is 0 Å². The molecule has 4 aromatic rings. The number of aromatic carboxylic acids is 1. The first-order valence-corrected chi connectivity index (χ1v) is 10.9. The van der Waals surface area contributed by atoms with Gasteiger partial charge in [0.2, 0.25) is 5.95 Å². The zero-order valence-corrected chi connectivity index (χ0v) is 19.4. The van der Waals surface area contributed by atoms with Gasteiger partial charge in [0, 0.05) is 37.1 Å². The summed E-state index contributed by atoms with van der Waals surface area (Å²) >= 11 is 0. The molecule has 1 aliphatic heterocycles. The molecule has 34 heavy (non-hydrogen) atoms. The van der Waals surface area contributed by atoms with Gasteiger partial charge in [-0.05, 0) is 37.1 Å². The van der Waals surface area contributed by atoms with Crippen LogP contribution in [0.15, 0.2) is 47.3 Å². The summed E-state index contributed by atoms with van der Waals surface area (Å²) in [7, 11) is 1.64. The van der Waals surface area contributed by atoms with Crippen LogP contribution in [0.1, 0.15) is 28.8 Å². The largest absolute Gasteiger partial charge is 0.478 e. The van der Waals surface area contributed by atoms with Crippen molar-refractivity contribution in [2.45, 2.75) is 25.4 Å². The number of halogens is 2. The summed E-state index contributed by atoms with van der Waals surface area (Å²) in [5, 5.41) is 10.1. The molecule has 2 aromatic carbocycles. The maximum atomic E-state index is 14.6. The van der Waals surface area contributed by atoms with E-state index in [1.807, 2.05) is 4.90 Å². The number of aryl methyl sites for hydroxylation is 1. The van der Waals surface area contributed by atoms with E-state index in [4.69, 9.17) is 10.7 Å². The van der Waals surface area contributed by atoms with Crippen molar-refractivity contribution in [3.63, 3.8) is 0 Å². The lowest BCUT2D eigenvalue weighted by Gasteiger charge is -2.32. The number of nitrogens with two attached hydrogens (primary N) is 1. The highest BCUT2D eigenvalue weighted by atomic mass is 35.5. The van der Waals surface area contributed by atoms with Crippen molar-refractivity contribution in [2.24, 2.45) is 12.8 Å². The summed E-state index contributed by atoms with van der Waals surface area (Å²) in [6, 6.07) is 11.0. The van der Waals surface area contributed by atoms with Crippen molar-refractivity contribution in [3.05, 3.63) is 69.8 Å². The number of hydrogen-bond donors (Lipinski definition) is 2. The third-order valence-corrected chi connectivity index (χ3v) is 6.34. The number of nitrogens with zero attached hydrogens (tertiary/aromatic N) is 4. The molecule has 5 rings (SSSR count). The van der Waals surface area contributed by atoms with Gasteiger partial charge in [0.15, 0.2) is 0 Å². The lowest BCUT2D eigenvalue weighted by Crippen LogP contribution is -2.44. The van der Waals surface area contributed by atoms with Crippen molar-refractivity contribution < 1.29 is 14.3 Å². The summed E-state index contributed by atoms with van der Waals surface area (Å²) in [5.74, 6) is -0.896. The molecule has 0 amide bonds. The van der Waals surface area contributed by atoms with E-state index in [2.05, 4.69) is 0 Å². The molecule has 1 fully saturated rings. The maximum Gasteiger partial charge on any atom is 0.335 e. The molecule has 1 aliphatic rings. The Labute approximate surface area is 200 Å². The molecule has 0 unspecified atom stereocenters. The van der Waals surface area contributed by atoms with Crippen molar-refractivity contribution in [1.29, 1.82) is 0 Å². The lowest BCUT2D eigenvalue weighted by atomic mass is 10.1. The van der Waals surface area contributed by atoms with Crippen molar-refractivity contribution in [2.75, 3.05) is 18.0 Å². The van der Waals surface area contributed by atoms with Crippen molar-refractivity contribution in [3.8, 4) is 0 Å². The number of carbonyl (C=O) groups is 1. The minimum Gasteiger partial charge on any atom is -0.478 e. The van der Waals surface area contributed by atoms with Crippen molar-refractivity contribution in [1.82, 2.24) is 14.1 Å². The Hall–Kier alpha value is -3.43. The fourth-order valence-electron chi connectivity index (χ4n) is 4.64. The smallest absolute Gasteiger partial charge is 0.335 e. The Balaban J connectivity index is 0.00000274. The minimum absolute atomic E-state index is 0. The standard InChI is InChI=1S/C24H24FN5O3.ClH/c1-28-19-9-8-14(23(32)33)11-17(19)20-21(22(28)31)30(12-15-5-2-3-7-18(15)25)24(27-20)29-10-4-6-16(26)13-29;/h2-3,5,7-9,11,16H,4,6,10,12-13,26H2,1H3,(H,32,33);1H/t16-;/m1./s1. The van der Waals surface area contributed by atoms with E-state index in [0.29, 0.717) is 46.5 Å². The molecule has 1 saturated heterocycles. The molecule has 1 atom stereocenters. The third-order valence-electron chi connectivity index (χ3n) is 6.34. The average Bonchev–Trinajstić information content (AvgIpc) is 3.18. The fourth-order valence-corrected chi connectivity index (χ4v) is 4.64. The van der Waals surface area contributed by atoms with Crippen LogP contribution >= 0.6 is 12.4 Å². The summed E-state index contributed by atoms with van der Waals surface area (Å²) in [4.78, 5) is 31.9. The number of anilines is 1. The number of imidazole rings is 1. The van der Waals surface area contributed by atoms with Gasteiger partial charge in [0.05, 0.1) is 17.6 Å². The van der Waals surface area contributed by atoms with Gasteiger partial charge < -0.3 is 24.9 Å². The number of benzene rings is 2. The van der Waals surface area contributed by atoms with Gasteiger partial charge in [-0.15, -0.1) is 12.4 Å². The summed E-state index contributed by atoms with van der Waals surface area (Å²) < 4.78 is 17.8. The van der Waals surface area contributed by atoms with Crippen LogP contribution in [-0.4, -0.2) is 44.3 Å².